The molecular formula is C19H14N2O2. The van der Waals surface area contributed by atoms with Gasteiger partial charge in [-0.1, -0.05) is 12.1 Å². The molecule has 0 amide bonds. The molecule has 0 bridgehead atoms. The maximum absolute atomic E-state index is 6.09. The van der Waals surface area contributed by atoms with Crippen molar-refractivity contribution in [3.63, 3.8) is 0 Å². The molecule has 0 saturated carbocycles. The van der Waals surface area contributed by atoms with E-state index >= 15 is 0 Å². The lowest BCUT2D eigenvalue weighted by atomic mass is 10.1. The monoisotopic (exact) mass is 302 g/mol. The molecule has 0 radical (unpaired) electrons. The number of hydrogen-bond acceptors (Lipinski definition) is 4. The van der Waals surface area contributed by atoms with E-state index in [1.54, 1.807) is 0 Å². The zero-order valence-electron chi connectivity index (χ0n) is 12.3. The molecule has 112 valence electrons. The topological polar surface area (TPSA) is 78.3 Å². The zero-order valence-corrected chi connectivity index (χ0v) is 12.3. The van der Waals surface area contributed by atoms with Gasteiger partial charge in [-0.2, -0.15) is 0 Å². The van der Waals surface area contributed by atoms with E-state index in [1.165, 1.54) is 0 Å². The molecule has 23 heavy (non-hydrogen) atoms. The van der Waals surface area contributed by atoms with Crippen LogP contribution in [0.3, 0.4) is 0 Å². The fourth-order valence-electron chi connectivity index (χ4n) is 3.26. The van der Waals surface area contributed by atoms with Crippen LogP contribution in [-0.4, -0.2) is 0 Å². The first kappa shape index (κ1) is 12.6. The van der Waals surface area contributed by atoms with Gasteiger partial charge < -0.3 is 20.3 Å². The summed E-state index contributed by atoms with van der Waals surface area (Å²) in [4.78, 5) is 0. The highest BCUT2D eigenvalue weighted by molar-refractivity contribution is 6.19. The van der Waals surface area contributed by atoms with Crippen LogP contribution in [0.15, 0.2) is 57.4 Å². The number of fused-ring (bicyclic) bond motifs is 7. The minimum Gasteiger partial charge on any atom is -0.452 e. The summed E-state index contributed by atoms with van der Waals surface area (Å²) in [6, 6.07) is 15.9. The highest BCUT2D eigenvalue weighted by Gasteiger charge is 2.15. The second-order valence-electron chi connectivity index (χ2n) is 5.81. The van der Waals surface area contributed by atoms with Gasteiger partial charge in [0, 0.05) is 39.8 Å². The van der Waals surface area contributed by atoms with E-state index in [0.717, 1.165) is 49.4 Å². The molecule has 5 rings (SSSR count). The second kappa shape index (κ2) is 4.27. The molecular weight excluding hydrogens is 288 g/mol. The number of rotatable bonds is 1. The summed E-state index contributed by atoms with van der Waals surface area (Å²) in [7, 11) is 0. The molecule has 2 heterocycles. The minimum atomic E-state index is 0.492. The highest BCUT2D eigenvalue weighted by Crippen LogP contribution is 2.38. The van der Waals surface area contributed by atoms with Gasteiger partial charge in [-0.15, -0.1) is 0 Å². The Morgan fingerprint density at radius 1 is 0.696 bits per heavy atom. The standard InChI is InChI=1S/C19H14N2O2/c20-9-10-1-3-12-14-5-6-15-13-4-2-11(21)8-17(13)23-19(15)18(14)22-16(12)7-10/h1-8H,9,20-21H2. The molecule has 0 fully saturated rings. The summed E-state index contributed by atoms with van der Waals surface area (Å²) < 4.78 is 12.1. The van der Waals surface area contributed by atoms with Crippen molar-refractivity contribution in [3.05, 3.63) is 54.1 Å². The molecule has 0 unspecified atom stereocenters. The molecule has 0 aliphatic carbocycles. The lowest BCUT2D eigenvalue weighted by Gasteiger charge is -1.94. The van der Waals surface area contributed by atoms with E-state index in [9.17, 15) is 0 Å². The number of benzene rings is 3. The minimum absolute atomic E-state index is 0.492. The molecule has 0 atom stereocenters. The summed E-state index contributed by atoms with van der Waals surface area (Å²) in [5.74, 6) is 0. The van der Waals surface area contributed by atoms with Crippen LogP contribution in [-0.2, 0) is 6.54 Å². The molecule has 4 heteroatoms. The average Bonchev–Trinajstić information content (AvgIpc) is 3.11. The first-order valence-electron chi connectivity index (χ1n) is 7.50. The van der Waals surface area contributed by atoms with E-state index in [0.29, 0.717) is 12.2 Å². The summed E-state index contributed by atoms with van der Waals surface area (Å²) in [6.45, 7) is 0.492. The first-order chi connectivity index (χ1) is 11.2. The van der Waals surface area contributed by atoms with Crippen LogP contribution in [0.5, 0.6) is 0 Å². The summed E-state index contributed by atoms with van der Waals surface area (Å²) in [5, 5.41) is 4.19. The van der Waals surface area contributed by atoms with Crippen LogP contribution in [0.2, 0.25) is 0 Å². The number of nitrogens with two attached hydrogens (primary N) is 2. The largest absolute Gasteiger partial charge is 0.452 e. The Hall–Kier alpha value is -2.98. The molecule has 2 aromatic heterocycles. The fraction of sp³-hybridized carbons (Fsp3) is 0.0526. The maximum Gasteiger partial charge on any atom is 0.178 e. The van der Waals surface area contributed by atoms with Gasteiger partial charge in [-0.3, -0.25) is 0 Å². The average molecular weight is 302 g/mol. The molecule has 0 spiro atoms. The predicted molar refractivity (Wildman–Crippen MR) is 93.3 cm³/mol. The Morgan fingerprint density at radius 3 is 1.91 bits per heavy atom. The van der Waals surface area contributed by atoms with Crippen molar-refractivity contribution in [1.29, 1.82) is 0 Å². The molecule has 5 aromatic rings. The van der Waals surface area contributed by atoms with Crippen LogP contribution in [0.1, 0.15) is 5.56 Å². The maximum atomic E-state index is 6.09. The Balaban J connectivity index is 1.96. The van der Waals surface area contributed by atoms with Crippen LogP contribution < -0.4 is 11.5 Å². The fourth-order valence-corrected chi connectivity index (χ4v) is 3.26. The Kier molecular flexibility index (Phi) is 2.33. The molecule has 0 aliphatic rings. The zero-order chi connectivity index (χ0) is 15.6. The third-order valence-electron chi connectivity index (χ3n) is 4.40. The lowest BCUT2D eigenvalue weighted by Crippen LogP contribution is -1.94. The molecule has 4 N–H and O–H groups in total. The van der Waals surface area contributed by atoms with E-state index < -0.39 is 0 Å². The number of hydrogen-bond donors (Lipinski definition) is 2. The van der Waals surface area contributed by atoms with Crippen molar-refractivity contribution in [1.82, 2.24) is 0 Å². The molecule has 4 nitrogen and oxygen atoms in total. The lowest BCUT2D eigenvalue weighted by molar-refractivity contribution is 0.633. The van der Waals surface area contributed by atoms with Crippen molar-refractivity contribution in [3.8, 4) is 0 Å². The molecule has 0 saturated heterocycles. The summed E-state index contributed by atoms with van der Waals surface area (Å²) >= 11 is 0. The van der Waals surface area contributed by atoms with Crippen LogP contribution in [0, 0.1) is 0 Å². The van der Waals surface area contributed by atoms with Crippen molar-refractivity contribution in [2.24, 2.45) is 5.73 Å². The van der Waals surface area contributed by atoms with E-state index in [1.807, 2.05) is 30.3 Å². The number of anilines is 1. The molecule has 3 aromatic carbocycles. The van der Waals surface area contributed by atoms with Crippen molar-refractivity contribution < 1.29 is 8.83 Å². The van der Waals surface area contributed by atoms with Crippen LogP contribution in [0.25, 0.3) is 43.9 Å². The van der Waals surface area contributed by atoms with Crippen LogP contribution >= 0.6 is 0 Å². The first-order valence-corrected chi connectivity index (χ1v) is 7.50. The number of furan rings is 2. The van der Waals surface area contributed by atoms with Crippen LogP contribution in [0.4, 0.5) is 5.69 Å². The smallest absolute Gasteiger partial charge is 0.178 e. The summed E-state index contributed by atoms with van der Waals surface area (Å²) in [6.07, 6.45) is 0. The van der Waals surface area contributed by atoms with Gasteiger partial charge in [0.25, 0.3) is 0 Å². The Labute approximate surface area is 131 Å². The van der Waals surface area contributed by atoms with Gasteiger partial charge in [0.05, 0.1) is 0 Å². The van der Waals surface area contributed by atoms with E-state index in [2.05, 4.69) is 18.2 Å². The second-order valence-corrected chi connectivity index (χ2v) is 5.81. The third-order valence-corrected chi connectivity index (χ3v) is 4.40. The van der Waals surface area contributed by atoms with E-state index in [-0.39, 0.29) is 0 Å². The highest BCUT2D eigenvalue weighted by atomic mass is 16.4. The van der Waals surface area contributed by atoms with Gasteiger partial charge in [-0.25, -0.2) is 0 Å². The SMILES string of the molecule is NCc1ccc2c(c1)oc1c2ccc2c3ccc(N)cc3oc21. The van der Waals surface area contributed by atoms with E-state index in [4.69, 9.17) is 20.3 Å². The van der Waals surface area contributed by atoms with Crippen molar-refractivity contribution >= 4 is 49.6 Å². The third kappa shape index (κ3) is 1.64. The van der Waals surface area contributed by atoms with Gasteiger partial charge in [-0.05, 0) is 35.9 Å². The molecule has 0 aliphatic heterocycles. The summed E-state index contributed by atoms with van der Waals surface area (Å²) in [5.41, 5.74) is 16.4. The van der Waals surface area contributed by atoms with Gasteiger partial charge in [0.1, 0.15) is 11.2 Å². The van der Waals surface area contributed by atoms with Gasteiger partial charge >= 0.3 is 0 Å². The van der Waals surface area contributed by atoms with Crippen molar-refractivity contribution in [2.75, 3.05) is 5.73 Å². The van der Waals surface area contributed by atoms with Crippen molar-refractivity contribution in [2.45, 2.75) is 6.54 Å². The van der Waals surface area contributed by atoms with Gasteiger partial charge in [0.15, 0.2) is 11.2 Å². The quantitative estimate of drug-likeness (QED) is 0.446. The Morgan fingerprint density at radius 2 is 1.26 bits per heavy atom. The van der Waals surface area contributed by atoms with Gasteiger partial charge in [0.2, 0.25) is 0 Å². The normalized spacial score (nSPS) is 12.0. The number of nitrogen functional groups attached to an aromatic ring is 1. The Bertz CT molecular complexity index is 1210. The predicted octanol–water partition coefficient (Wildman–Crippen LogP) is 4.53.